The van der Waals surface area contributed by atoms with Crippen molar-refractivity contribution in [1.29, 1.82) is 0 Å². The fraction of sp³-hybridized carbons (Fsp3) is 0.118. The molecule has 116 valence electrons. The number of nitrogens with one attached hydrogen (secondary N) is 1. The Balaban J connectivity index is 1.91. The molecule has 0 bridgehead atoms. The molecule has 1 aliphatic rings. The van der Waals surface area contributed by atoms with Gasteiger partial charge >= 0.3 is 0 Å². The summed E-state index contributed by atoms with van der Waals surface area (Å²) in [6.45, 7) is 0.905. The van der Waals surface area contributed by atoms with Crippen LogP contribution in [0.3, 0.4) is 0 Å². The van der Waals surface area contributed by atoms with Crippen LogP contribution in [0.5, 0.6) is 0 Å². The number of nitrogens with zero attached hydrogens (tertiary/aromatic N) is 2. The van der Waals surface area contributed by atoms with Crippen molar-refractivity contribution >= 4 is 44.9 Å². The van der Waals surface area contributed by atoms with E-state index in [1.54, 1.807) is 6.07 Å². The van der Waals surface area contributed by atoms with E-state index in [0.717, 1.165) is 40.2 Å². The number of fused-ring (bicyclic) bond motifs is 1. The Morgan fingerprint density at radius 2 is 1.87 bits per heavy atom. The van der Waals surface area contributed by atoms with E-state index >= 15 is 0 Å². The molecule has 2 aromatic carbocycles. The topological polar surface area (TPSA) is 29.9 Å². The summed E-state index contributed by atoms with van der Waals surface area (Å²) < 4.78 is 2.92. The highest BCUT2D eigenvalue weighted by molar-refractivity contribution is 9.10. The van der Waals surface area contributed by atoms with Crippen LogP contribution < -0.4 is 5.32 Å². The zero-order valence-corrected chi connectivity index (χ0v) is 15.1. The lowest BCUT2D eigenvalue weighted by Crippen LogP contribution is -2.04. The van der Waals surface area contributed by atoms with Gasteiger partial charge in [0.05, 0.1) is 11.4 Å². The number of aromatic nitrogens is 2. The number of rotatable bonds is 2. The van der Waals surface area contributed by atoms with Gasteiger partial charge in [-0.1, -0.05) is 51.3 Å². The molecule has 0 spiro atoms. The maximum atomic E-state index is 6.14. The van der Waals surface area contributed by atoms with Gasteiger partial charge in [-0.2, -0.15) is 5.10 Å². The van der Waals surface area contributed by atoms with Gasteiger partial charge in [-0.15, -0.1) is 0 Å². The molecule has 0 saturated carbocycles. The number of halogens is 3. The highest BCUT2D eigenvalue weighted by Gasteiger charge is 2.24. The summed E-state index contributed by atoms with van der Waals surface area (Å²) >= 11 is 15.8. The molecule has 0 atom stereocenters. The second kappa shape index (κ2) is 5.86. The Bertz CT molecular complexity index is 885. The van der Waals surface area contributed by atoms with Crippen LogP contribution in [-0.4, -0.2) is 16.3 Å². The van der Waals surface area contributed by atoms with E-state index in [-0.39, 0.29) is 0 Å². The maximum absolute atomic E-state index is 6.14. The van der Waals surface area contributed by atoms with Gasteiger partial charge in [-0.05, 0) is 36.8 Å². The van der Waals surface area contributed by atoms with Gasteiger partial charge < -0.3 is 5.32 Å². The average molecular weight is 409 g/mol. The maximum Gasteiger partial charge on any atom is 0.133 e. The van der Waals surface area contributed by atoms with Crippen molar-refractivity contribution in [2.24, 2.45) is 0 Å². The third-order valence-electron chi connectivity index (χ3n) is 3.84. The first-order valence-corrected chi connectivity index (χ1v) is 8.75. The first-order chi connectivity index (χ1) is 11.1. The zero-order valence-electron chi connectivity index (χ0n) is 12.0. The highest BCUT2D eigenvalue weighted by atomic mass is 79.9. The zero-order chi connectivity index (χ0) is 16.0. The second-order valence-corrected chi connectivity index (χ2v) is 7.19. The molecule has 23 heavy (non-hydrogen) atoms. The molecule has 6 heteroatoms. The molecular weight excluding hydrogens is 397 g/mol. The van der Waals surface area contributed by atoms with Crippen LogP contribution in [-0.2, 0) is 6.42 Å². The van der Waals surface area contributed by atoms with Crippen LogP contribution in [0, 0.1) is 0 Å². The molecule has 3 aromatic rings. The largest absolute Gasteiger partial charge is 0.369 e. The van der Waals surface area contributed by atoms with Gasteiger partial charge in [-0.25, -0.2) is 4.68 Å². The van der Waals surface area contributed by atoms with Crippen LogP contribution in [0.15, 0.2) is 46.9 Å². The van der Waals surface area contributed by atoms with E-state index < -0.39 is 0 Å². The normalized spacial score (nSPS) is 13.0. The summed E-state index contributed by atoms with van der Waals surface area (Å²) in [7, 11) is 0. The Morgan fingerprint density at radius 3 is 2.61 bits per heavy atom. The molecule has 0 aliphatic carbocycles. The molecule has 1 aromatic heterocycles. The van der Waals surface area contributed by atoms with E-state index in [2.05, 4.69) is 33.4 Å². The molecular formula is C17H12BrCl2N3. The number of anilines is 1. The minimum Gasteiger partial charge on any atom is -0.369 e. The van der Waals surface area contributed by atoms with Gasteiger partial charge in [-0.3, -0.25) is 0 Å². The third kappa shape index (κ3) is 2.75. The van der Waals surface area contributed by atoms with Crippen molar-refractivity contribution < 1.29 is 0 Å². The van der Waals surface area contributed by atoms with E-state index in [9.17, 15) is 0 Å². The Morgan fingerprint density at radius 1 is 1.09 bits per heavy atom. The van der Waals surface area contributed by atoms with E-state index in [1.165, 1.54) is 5.56 Å². The second-order valence-electron chi connectivity index (χ2n) is 5.40. The first kappa shape index (κ1) is 15.1. The van der Waals surface area contributed by atoms with Crippen LogP contribution in [0.25, 0.3) is 16.9 Å². The monoisotopic (exact) mass is 407 g/mol. The van der Waals surface area contributed by atoms with E-state index in [1.807, 2.05) is 28.9 Å². The molecule has 0 radical (unpaired) electrons. The molecule has 3 nitrogen and oxygen atoms in total. The SMILES string of the molecule is Clc1cc(Cl)cc(-n2nc(-c3cccc(Br)c3)c3c2NCC3)c1. The molecule has 0 amide bonds. The molecule has 0 fully saturated rings. The minimum atomic E-state index is 0.596. The molecule has 1 N–H and O–H groups in total. The van der Waals surface area contributed by atoms with Crippen LogP contribution in [0.1, 0.15) is 5.56 Å². The van der Waals surface area contributed by atoms with Gasteiger partial charge in [0.2, 0.25) is 0 Å². The predicted molar refractivity (Wildman–Crippen MR) is 98.9 cm³/mol. The lowest BCUT2D eigenvalue weighted by molar-refractivity contribution is 0.882. The van der Waals surface area contributed by atoms with Crippen molar-refractivity contribution in [3.63, 3.8) is 0 Å². The Labute approximate surface area is 152 Å². The fourth-order valence-corrected chi connectivity index (χ4v) is 3.80. The molecule has 2 heterocycles. The van der Waals surface area contributed by atoms with Crippen molar-refractivity contribution in [3.8, 4) is 16.9 Å². The number of benzene rings is 2. The number of hydrogen-bond acceptors (Lipinski definition) is 2. The highest BCUT2D eigenvalue weighted by Crippen LogP contribution is 2.36. The smallest absolute Gasteiger partial charge is 0.133 e. The molecule has 1 aliphatic heterocycles. The van der Waals surface area contributed by atoms with Crippen LogP contribution >= 0.6 is 39.1 Å². The van der Waals surface area contributed by atoms with E-state index in [4.69, 9.17) is 28.3 Å². The minimum absolute atomic E-state index is 0.596. The molecule has 4 rings (SSSR count). The average Bonchev–Trinajstić information content (AvgIpc) is 3.07. The summed E-state index contributed by atoms with van der Waals surface area (Å²) in [6, 6.07) is 13.6. The van der Waals surface area contributed by atoms with Gasteiger partial charge in [0.15, 0.2) is 0 Å². The predicted octanol–water partition coefficient (Wildman–Crippen LogP) is 5.58. The van der Waals surface area contributed by atoms with Crippen molar-refractivity contribution in [3.05, 3.63) is 62.5 Å². The summed E-state index contributed by atoms with van der Waals surface area (Å²) in [6.07, 6.45) is 0.950. The quantitative estimate of drug-likeness (QED) is 0.600. The van der Waals surface area contributed by atoms with Gasteiger partial charge in [0.25, 0.3) is 0 Å². The van der Waals surface area contributed by atoms with Gasteiger partial charge in [0.1, 0.15) is 5.82 Å². The summed E-state index contributed by atoms with van der Waals surface area (Å²) in [5.41, 5.74) is 4.15. The number of hydrogen-bond donors (Lipinski definition) is 1. The third-order valence-corrected chi connectivity index (χ3v) is 4.77. The first-order valence-electron chi connectivity index (χ1n) is 7.20. The van der Waals surface area contributed by atoms with Crippen molar-refractivity contribution in [1.82, 2.24) is 9.78 Å². The van der Waals surface area contributed by atoms with E-state index in [0.29, 0.717) is 10.0 Å². The van der Waals surface area contributed by atoms with Gasteiger partial charge in [0, 0.05) is 32.2 Å². The Kier molecular flexibility index (Phi) is 3.84. The summed E-state index contributed by atoms with van der Waals surface area (Å²) in [5.74, 6) is 1.01. The lowest BCUT2D eigenvalue weighted by Gasteiger charge is -2.07. The lowest BCUT2D eigenvalue weighted by atomic mass is 10.1. The van der Waals surface area contributed by atoms with Crippen LogP contribution in [0.4, 0.5) is 5.82 Å². The standard InChI is InChI=1S/C17H12BrCl2N3/c18-11-3-1-2-10(6-11)16-15-4-5-21-17(15)23(22-16)14-8-12(19)7-13(20)9-14/h1-3,6-9,21H,4-5H2. The summed E-state index contributed by atoms with van der Waals surface area (Å²) in [4.78, 5) is 0. The molecule has 0 saturated heterocycles. The van der Waals surface area contributed by atoms with Crippen LogP contribution in [0.2, 0.25) is 10.0 Å². The fourth-order valence-electron chi connectivity index (χ4n) is 2.89. The molecule has 0 unspecified atom stereocenters. The summed E-state index contributed by atoms with van der Waals surface area (Å²) in [5, 5.41) is 9.42. The Hall–Kier alpha value is -1.49. The van der Waals surface area contributed by atoms with Crippen molar-refractivity contribution in [2.45, 2.75) is 6.42 Å². The van der Waals surface area contributed by atoms with Crippen molar-refractivity contribution in [2.75, 3.05) is 11.9 Å².